The van der Waals surface area contributed by atoms with Gasteiger partial charge in [0.05, 0.1) is 41.5 Å². The number of halogens is 1. The van der Waals surface area contributed by atoms with Crippen LogP contribution in [0.4, 0.5) is 5.69 Å². The molecule has 6 atom stereocenters. The number of aliphatic hydroxyl groups is 1. The number of hydrogen-bond acceptors (Lipinski definition) is 6. The van der Waals surface area contributed by atoms with Gasteiger partial charge in [0.25, 0.3) is 5.91 Å². The summed E-state index contributed by atoms with van der Waals surface area (Å²) in [7, 11) is 0. The SMILES string of the molecule is C=CCN(C(=O)C1N([C@@H](CC)CO)C(=O)[C@@H]2[C@@H](C(=O)OCC)[C@@]3(C)CCC12O3)c1c(C)cccc1Cl. The van der Waals surface area contributed by atoms with Crippen LogP contribution < -0.4 is 4.90 Å². The van der Waals surface area contributed by atoms with Gasteiger partial charge in [-0.3, -0.25) is 14.4 Å². The number of anilines is 1. The Balaban J connectivity index is 1.88. The van der Waals surface area contributed by atoms with Crippen LogP contribution >= 0.6 is 11.6 Å². The second-order valence-electron chi connectivity index (χ2n) is 10.1. The minimum absolute atomic E-state index is 0.164. The zero-order valence-corrected chi connectivity index (χ0v) is 22.1. The van der Waals surface area contributed by atoms with Crippen LogP contribution in [0, 0.1) is 18.8 Å². The molecular weight excluding hydrogens is 484 g/mol. The highest BCUT2D eigenvalue weighted by Gasteiger charge is 2.79. The fourth-order valence-electron chi connectivity index (χ4n) is 6.57. The molecule has 3 aliphatic rings. The van der Waals surface area contributed by atoms with E-state index in [9.17, 15) is 19.5 Å². The van der Waals surface area contributed by atoms with Gasteiger partial charge in [-0.2, -0.15) is 0 Å². The van der Waals surface area contributed by atoms with Gasteiger partial charge in [0, 0.05) is 6.54 Å². The molecule has 0 radical (unpaired) electrons. The summed E-state index contributed by atoms with van der Waals surface area (Å²) in [6.45, 7) is 11.1. The van der Waals surface area contributed by atoms with E-state index in [-0.39, 0.29) is 31.6 Å². The molecule has 2 bridgehead atoms. The molecule has 1 spiro atoms. The molecule has 3 aliphatic heterocycles. The molecule has 9 heteroatoms. The molecule has 8 nitrogen and oxygen atoms in total. The number of rotatable bonds is 9. The number of benzene rings is 1. The van der Waals surface area contributed by atoms with E-state index in [1.165, 1.54) is 9.80 Å². The number of likely N-dealkylation sites (tertiary alicyclic amines) is 1. The van der Waals surface area contributed by atoms with Crippen molar-refractivity contribution in [2.75, 3.05) is 24.7 Å². The van der Waals surface area contributed by atoms with E-state index < -0.39 is 41.1 Å². The molecule has 4 rings (SSSR count). The molecule has 0 saturated carbocycles. The highest BCUT2D eigenvalue weighted by molar-refractivity contribution is 6.34. The quantitative estimate of drug-likeness (QED) is 0.398. The Bertz CT molecular complexity index is 1050. The van der Waals surface area contributed by atoms with Gasteiger partial charge >= 0.3 is 5.97 Å². The molecule has 1 N–H and O–H groups in total. The Hall–Kier alpha value is -2.42. The average Bonchev–Trinajstić information content (AvgIpc) is 3.40. The van der Waals surface area contributed by atoms with Crippen LogP contribution in [-0.2, 0) is 23.9 Å². The molecule has 3 saturated heterocycles. The summed E-state index contributed by atoms with van der Waals surface area (Å²) in [4.78, 5) is 44.7. The fourth-order valence-corrected chi connectivity index (χ4v) is 6.90. The topological polar surface area (TPSA) is 96.4 Å². The largest absolute Gasteiger partial charge is 0.466 e. The van der Waals surface area contributed by atoms with Crippen LogP contribution in [0.5, 0.6) is 0 Å². The van der Waals surface area contributed by atoms with E-state index in [1.54, 1.807) is 19.1 Å². The number of nitrogens with zero attached hydrogens (tertiary/aromatic N) is 2. The van der Waals surface area contributed by atoms with Gasteiger partial charge in [0.2, 0.25) is 5.91 Å². The summed E-state index contributed by atoms with van der Waals surface area (Å²) in [5, 5.41) is 10.6. The normalized spacial score (nSPS) is 31.3. The molecule has 2 unspecified atom stereocenters. The minimum Gasteiger partial charge on any atom is -0.466 e. The van der Waals surface area contributed by atoms with Crippen LogP contribution in [0.2, 0.25) is 5.02 Å². The van der Waals surface area contributed by atoms with Crippen LogP contribution in [0.25, 0.3) is 0 Å². The molecule has 3 heterocycles. The Morgan fingerprint density at radius 3 is 2.69 bits per heavy atom. The number of esters is 1. The van der Waals surface area contributed by atoms with E-state index in [1.807, 2.05) is 32.9 Å². The molecule has 0 aromatic heterocycles. The van der Waals surface area contributed by atoms with Crippen molar-refractivity contribution in [3.05, 3.63) is 41.4 Å². The van der Waals surface area contributed by atoms with Crippen molar-refractivity contribution in [3.8, 4) is 0 Å². The maximum absolute atomic E-state index is 14.5. The van der Waals surface area contributed by atoms with Crippen molar-refractivity contribution in [2.45, 2.75) is 70.2 Å². The van der Waals surface area contributed by atoms with E-state index in [4.69, 9.17) is 21.1 Å². The lowest BCUT2D eigenvalue weighted by molar-refractivity contribution is -0.160. The van der Waals surface area contributed by atoms with Gasteiger partial charge in [0.15, 0.2) is 0 Å². The van der Waals surface area contributed by atoms with Gasteiger partial charge in [0.1, 0.15) is 17.6 Å². The third-order valence-electron chi connectivity index (χ3n) is 8.10. The lowest BCUT2D eigenvalue weighted by atomic mass is 9.66. The van der Waals surface area contributed by atoms with Crippen LogP contribution in [0.1, 0.15) is 45.6 Å². The van der Waals surface area contributed by atoms with Gasteiger partial charge in [-0.1, -0.05) is 36.7 Å². The molecule has 1 aromatic rings. The number of para-hydroxylation sites is 1. The summed E-state index contributed by atoms with van der Waals surface area (Å²) in [5.74, 6) is -2.92. The van der Waals surface area contributed by atoms with Gasteiger partial charge < -0.3 is 24.4 Å². The molecule has 3 fully saturated rings. The van der Waals surface area contributed by atoms with Crippen molar-refractivity contribution >= 4 is 35.1 Å². The summed E-state index contributed by atoms with van der Waals surface area (Å²) in [6, 6.07) is 3.74. The summed E-state index contributed by atoms with van der Waals surface area (Å²) < 4.78 is 12.0. The van der Waals surface area contributed by atoms with Crippen LogP contribution in [-0.4, -0.2) is 70.8 Å². The zero-order valence-electron chi connectivity index (χ0n) is 21.3. The van der Waals surface area contributed by atoms with E-state index in [0.717, 1.165) is 5.56 Å². The monoisotopic (exact) mass is 518 g/mol. The first-order valence-electron chi connectivity index (χ1n) is 12.6. The third-order valence-corrected chi connectivity index (χ3v) is 8.41. The van der Waals surface area contributed by atoms with Gasteiger partial charge in [-0.15, -0.1) is 6.58 Å². The number of hydrogen-bond donors (Lipinski definition) is 1. The first-order valence-corrected chi connectivity index (χ1v) is 13.0. The molecule has 36 heavy (non-hydrogen) atoms. The van der Waals surface area contributed by atoms with Crippen LogP contribution in [0.15, 0.2) is 30.9 Å². The van der Waals surface area contributed by atoms with E-state index in [2.05, 4.69) is 6.58 Å². The Morgan fingerprint density at radius 1 is 1.39 bits per heavy atom. The highest BCUT2D eigenvalue weighted by Crippen LogP contribution is 2.64. The average molecular weight is 519 g/mol. The highest BCUT2D eigenvalue weighted by atomic mass is 35.5. The second-order valence-corrected chi connectivity index (χ2v) is 10.5. The number of fused-ring (bicyclic) bond motifs is 1. The number of aliphatic hydroxyl groups excluding tert-OH is 1. The fraction of sp³-hybridized carbons (Fsp3) is 0.593. The van der Waals surface area contributed by atoms with Crippen molar-refractivity contribution in [1.29, 1.82) is 0 Å². The van der Waals surface area contributed by atoms with Crippen LogP contribution in [0.3, 0.4) is 0 Å². The first-order chi connectivity index (χ1) is 17.1. The van der Waals surface area contributed by atoms with Crippen molar-refractivity contribution in [3.63, 3.8) is 0 Å². The maximum atomic E-state index is 14.5. The zero-order chi connectivity index (χ0) is 26.4. The number of amides is 2. The van der Waals surface area contributed by atoms with Gasteiger partial charge in [-0.05, 0) is 51.7 Å². The van der Waals surface area contributed by atoms with Crippen molar-refractivity contribution in [2.24, 2.45) is 11.8 Å². The van der Waals surface area contributed by atoms with E-state index >= 15 is 0 Å². The maximum Gasteiger partial charge on any atom is 0.312 e. The molecular formula is C27H35ClN2O6. The molecule has 2 amide bonds. The summed E-state index contributed by atoms with van der Waals surface area (Å²) in [6.07, 6.45) is 2.99. The number of carbonyl (C=O) groups excluding carboxylic acids is 3. The van der Waals surface area contributed by atoms with Crippen molar-refractivity contribution in [1.82, 2.24) is 4.90 Å². The predicted octanol–water partition coefficient (Wildman–Crippen LogP) is 3.27. The summed E-state index contributed by atoms with van der Waals surface area (Å²) in [5.41, 5.74) is -0.793. The number of ether oxygens (including phenoxy) is 2. The molecule has 0 aliphatic carbocycles. The minimum atomic E-state index is -1.21. The standard InChI is InChI=1S/C27H35ClN2O6/c1-6-14-29(21-16(4)10-9-11-18(21)28)24(33)22-27-13-12-26(5,36-27)20(25(34)35-8-3)19(27)23(32)30(22)17(7-2)15-31/h6,9-11,17,19-20,22,31H,1,7-8,12-15H2,2-5H3/t17-,19-,20-,22?,26+,27?/m0/s1. The Morgan fingerprint density at radius 2 is 2.11 bits per heavy atom. The summed E-state index contributed by atoms with van der Waals surface area (Å²) >= 11 is 6.56. The Labute approximate surface area is 217 Å². The lowest BCUT2D eigenvalue weighted by Crippen LogP contribution is -2.59. The smallest absolute Gasteiger partial charge is 0.312 e. The first kappa shape index (κ1) is 26.6. The second kappa shape index (κ2) is 9.80. The lowest BCUT2D eigenvalue weighted by Gasteiger charge is -2.39. The van der Waals surface area contributed by atoms with Crippen molar-refractivity contribution < 1.29 is 29.0 Å². The number of aryl methyl sites for hydroxylation is 1. The molecule has 196 valence electrons. The Kier molecular flexibility index (Phi) is 7.25. The van der Waals surface area contributed by atoms with Gasteiger partial charge in [-0.25, -0.2) is 0 Å². The molecule has 1 aromatic carbocycles. The van der Waals surface area contributed by atoms with E-state index in [0.29, 0.717) is 30.0 Å². The third kappa shape index (κ3) is 3.76. The predicted molar refractivity (Wildman–Crippen MR) is 136 cm³/mol. The number of carbonyl (C=O) groups is 3.